The number of aryl methyl sites for hydroxylation is 1. The second-order valence-corrected chi connectivity index (χ2v) is 10.2. The van der Waals surface area contributed by atoms with Gasteiger partial charge in [0.1, 0.15) is 18.2 Å². The van der Waals surface area contributed by atoms with Crippen LogP contribution in [0.15, 0.2) is 36.4 Å². The maximum absolute atomic E-state index is 14.2. The molecule has 2 aliphatic rings. The predicted octanol–water partition coefficient (Wildman–Crippen LogP) is 5.47. The number of hydrogen-bond acceptors (Lipinski definition) is 4. The van der Waals surface area contributed by atoms with E-state index in [0.717, 1.165) is 41.8 Å². The zero-order chi connectivity index (χ0) is 25.8. The van der Waals surface area contributed by atoms with E-state index in [-0.39, 0.29) is 28.9 Å². The van der Waals surface area contributed by atoms with E-state index < -0.39 is 11.8 Å². The standard InChI is InChI=1S/C28H34ClFN2O4/c1-3-20-13-19(6-9-26(20)36-12-11-31-10-4-5-27(31)33)17-32(23-14-22(15-23)28(34)35)18(2)21-7-8-24(29)25(30)16-21/h6-9,13,16,18,22-23H,3-5,10-12,14-15,17H2,1-2H3,(H,34,35). The van der Waals surface area contributed by atoms with Crippen LogP contribution in [-0.2, 0) is 22.6 Å². The van der Waals surface area contributed by atoms with Gasteiger partial charge in [-0.25, -0.2) is 4.39 Å². The Hall–Kier alpha value is -2.64. The number of carboxylic acid groups (broad SMARTS) is 1. The number of amides is 1. The van der Waals surface area contributed by atoms with Crippen LogP contribution in [0.5, 0.6) is 5.75 Å². The lowest BCUT2D eigenvalue weighted by Crippen LogP contribution is -2.47. The van der Waals surface area contributed by atoms with E-state index in [1.165, 1.54) is 6.07 Å². The quantitative estimate of drug-likeness (QED) is 0.429. The van der Waals surface area contributed by atoms with Crippen molar-refractivity contribution in [3.63, 3.8) is 0 Å². The lowest BCUT2D eigenvalue weighted by atomic mass is 9.78. The minimum Gasteiger partial charge on any atom is -0.491 e. The summed E-state index contributed by atoms with van der Waals surface area (Å²) >= 11 is 5.89. The number of halogens is 2. The molecule has 0 radical (unpaired) electrons. The summed E-state index contributed by atoms with van der Waals surface area (Å²) in [5, 5.41) is 9.47. The first-order valence-electron chi connectivity index (χ1n) is 12.7. The topological polar surface area (TPSA) is 70.1 Å². The third-order valence-electron chi connectivity index (χ3n) is 7.52. The molecule has 0 bridgehead atoms. The lowest BCUT2D eigenvalue weighted by Gasteiger charge is -2.44. The fraction of sp³-hybridized carbons (Fsp3) is 0.500. The highest BCUT2D eigenvalue weighted by molar-refractivity contribution is 6.30. The molecule has 1 saturated heterocycles. The van der Waals surface area contributed by atoms with Gasteiger partial charge in [-0.05, 0) is 67.5 Å². The molecule has 4 rings (SSSR count). The van der Waals surface area contributed by atoms with Crippen LogP contribution in [0, 0.1) is 11.7 Å². The summed E-state index contributed by atoms with van der Waals surface area (Å²) in [6, 6.07) is 11.0. The first-order valence-corrected chi connectivity index (χ1v) is 13.1. The number of carbonyl (C=O) groups is 2. The largest absolute Gasteiger partial charge is 0.491 e. The summed E-state index contributed by atoms with van der Waals surface area (Å²) in [7, 11) is 0. The number of carboxylic acids is 1. The zero-order valence-corrected chi connectivity index (χ0v) is 21.6. The van der Waals surface area contributed by atoms with Crippen LogP contribution in [-0.4, -0.2) is 52.5 Å². The first kappa shape index (κ1) is 26.4. The third kappa shape index (κ3) is 6.01. The van der Waals surface area contributed by atoms with Gasteiger partial charge in [0.25, 0.3) is 0 Å². The highest BCUT2D eigenvalue weighted by atomic mass is 35.5. The molecule has 6 nitrogen and oxygen atoms in total. The van der Waals surface area contributed by atoms with E-state index in [2.05, 4.69) is 17.9 Å². The summed E-state index contributed by atoms with van der Waals surface area (Å²) in [5.74, 6) is -0.538. The minimum atomic E-state index is -0.762. The maximum atomic E-state index is 14.2. The number of hydrogen-bond donors (Lipinski definition) is 1. The lowest BCUT2D eigenvalue weighted by molar-refractivity contribution is -0.147. The highest BCUT2D eigenvalue weighted by Crippen LogP contribution is 2.38. The number of aliphatic carboxylic acids is 1. The molecule has 2 aromatic carbocycles. The molecule has 36 heavy (non-hydrogen) atoms. The monoisotopic (exact) mass is 516 g/mol. The number of carbonyl (C=O) groups excluding carboxylic acids is 1. The van der Waals surface area contributed by atoms with Crippen molar-refractivity contribution < 1.29 is 23.8 Å². The molecule has 1 amide bonds. The summed E-state index contributed by atoms with van der Waals surface area (Å²) < 4.78 is 20.2. The second-order valence-electron chi connectivity index (χ2n) is 9.81. The van der Waals surface area contributed by atoms with Crippen molar-refractivity contribution in [1.29, 1.82) is 0 Å². The maximum Gasteiger partial charge on any atom is 0.306 e. The van der Waals surface area contributed by atoms with Crippen molar-refractivity contribution in [3.8, 4) is 5.75 Å². The van der Waals surface area contributed by atoms with Crippen LogP contribution in [0.4, 0.5) is 4.39 Å². The summed E-state index contributed by atoms with van der Waals surface area (Å²) in [6.45, 7) is 6.57. The van der Waals surface area contributed by atoms with E-state index >= 15 is 0 Å². The van der Waals surface area contributed by atoms with Crippen LogP contribution in [0.1, 0.15) is 62.3 Å². The molecule has 1 aliphatic carbocycles. The molecule has 0 aromatic heterocycles. The number of benzene rings is 2. The fourth-order valence-corrected chi connectivity index (χ4v) is 5.29. The number of nitrogens with zero attached hydrogens (tertiary/aromatic N) is 2. The van der Waals surface area contributed by atoms with E-state index in [1.807, 2.05) is 30.0 Å². The molecule has 2 fully saturated rings. The molecule has 1 unspecified atom stereocenters. The van der Waals surface area contributed by atoms with Crippen LogP contribution in [0.2, 0.25) is 5.02 Å². The Balaban J connectivity index is 1.48. The Labute approximate surface area is 217 Å². The molecule has 1 atom stereocenters. The Kier molecular flexibility index (Phi) is 8.52. The van der Waals surface area contributed by atoms with Crippen molar-refractivity contribution >= 4 is 23.5 Å². The second kappa shape index (κ2) is 11.6. The Bertz CT molecular complexity index is 1100. The van der Waals surface area contributed by atoms with Crippen molar-refractivity contribution in [1.82, 2.24) is 9.80 Å². The van der Waals surface area contributed by atoms with Gasteiger partial charge in [0.15, 0.2) is 0 Å². The third-order valence-corrected chi connectivity index (χ3v) is 7.82. The summed E-state index contributed by atoms with van der Waals surface area (Å²) in [4.78, 5) is 27.4. The van der Waals surface area contributed by atoms with E-state index in [1.54, 1.807) is 6.07 Å². The minimum absolute atomic E-state index is 0.0874. The van der Waals surface area contributed by atoms with Crippen LogP contribution >= 0.6 is 11.6 Å². The molecular formula is C28H34ClFN2O4. The smallest absolute Gasteiger partial charge is 0.306 e. The number of ether oxygens (including phenoxy) is 1. The van der Waals surface area contributed by atoms with Gasteiger partial charge in [-0.2, -0.15) is 0 Å². The van der Waals surface area contributed by atoms with Crippen LogP contribution in [0.25, 0.3) is 0 Å². The first-order chi connectivity index (χ1) is 17.3. The van der Waals surface area contributed by atoms with E-state index in [0.29, 0.717) is 39.0 Å². The molecule has 194 valence electrons. The Morgan fingerprint density at radius 2 is 2.06 bits per heavy atom. The van der Waals surface area contributed by atoms with Gasteiger partial charge in [0.2, 0.25) is 5.91 Å². The number of rotatable bonds is 11. The average Bonchev–Trinajstić information content (AvgIpc) is 3.23. The zero-order valence-electron chi connectivity index (χ0n) is 20.9. The number of likely N-dealkylation sites (tertiary alicyclic amines) is 1. The van der Waals surface area contributed by atoms with Crippen LogP contribution < -0.4 is 4.74 Å². The van der Waals surface area contributed by atoms with Crippen molar-refractivity contribution in [2.24, 2.45) is 5.92 Å². The van der Waals surface area contributed by atoms with Crippen molar-refractivity contribution in [2.75, 3.05) is 19.7 Å². The van der Waals surface area contributed by atoms with Gasteiger partial charge in [-0.15, -0.1) is 0 Å². The highest BCUT2D eigenvalue weighted by Gasteiger charge is 2.39. The molecule has 1 aliphatic heterocycles. The molecule has 1 heterocycles. The molecule has 8 heteroatoms. The van der Waals surface area contributed by atoms with Gasteiger partial charge < -0.3 is 14.7 Å². The molecule has 1 saturated carbocycles. The van der Waals surface area contributed by atoms with Gasteiger partial charge in [-0.3, -0.25) is 14.5 Å². The van der Waals surface area contributed by atoms with Gasteiger partial charge >= 0.3 is 5.97 Å². The van der Waals surface area contributed by atoms with Crippen LogP contribution in [0.3, 0.4) is 0 Å². The van der Waals surface area contributed by atoms with Crippen molar-refractivity contribution in [3.05, 3.63) is 63.9 Å². The molecular weight excluding hydrogens is 483 g/mol. The Morgan fingerprint density at radius 1 is 1.28 bits per heavy atom. The normalized spacial score (nSPS) is 20.5. The van der Waals surface area contributed by atoms with Gasteiger partial charge in [0.05, 0.1) is 17.5 Å². The van der Waals surface area contributed by atoms with Crippen molar-refractivity contribution in [2.45, 2.75) is 64.6 Å². The van der Waals surface area contributed by atoms with Gasteiger partial charge in [-0.1, -0.05) is 36.7 Å². The fourth-order valence-electron chi connectivity index (χ4n) is 5.17. The SMILES string of the molecule is CCc1cc(CN(C2CC(C(=O)O)C2)C(C)c2ccc(Cl)c(F)c2)ccc1OCCN1CCCC1=O. The summed E-state index contributed by atoms with van der Waals surface area (Å²) in [5.41, 5.74) is 2.99. The molecule has 1 N–H and O–H groups in total. The Morgan fingerprint density at radius 3 is 2.69 bits per heavy atom. The molecule has 0 spiro atoms. The van der Waals surface area contributed by atoms with E-state index in [4.69, 9.17) is 16.3 Å². The predicted molar refractivity (Wildman–Crippen MR) is 137 cm³/mol. The summed E-state index contributed by atoms with van der Waals surface area (Å²) in [6.07, 6.45) is 3.49. The van der Waals surface area contributed by atoms with E-state index in [9.17, 15) is 19.1 Å². The molecule has 2 aromatic rings. The van der Waals surface area contributed by atoms with Gasteiger partial charge in [0, 0.05) is 31.6 Å². The average molecular weight is 517 g/mol.